The lowest BCUT2D eigenvalue weighted by atomic mass is 10.2. The first-order chi connectivity index (χ1) is 9.51. The van der Waals surface area contributed by atoms with E-state index >= 15 is 0 Å². The molecule has 1 aliphatic heterocycles. The Labute approximate surface area is 129 Å². The van der Waals surface area contributed by atoms with Gasteiger partial charge >= 0.3 is 0 Å². The first kappa shape index (κ1) is 15.1. The van der Waals surface area contributed by atoms with E-state index in [-0.39, 0.29) is 18.2 Å². The van der Waals surface area contributed by atoms with E-state index in [1.807, 2.05) is 12.1 Å². The number of anilines is 1. The van der Waals surface area contributed by atoms with E-state index in [1.54, 1.807) is 26.2 Å². The average Bonchev–Trinajstić information content (AvgIpc) is 2.69. The predicted octanol–water partition coefficient (Wildman–Crippen LogP) is 2.34. The molecule has 1 N–H and O–H groups in total. The van der Waals surface area contributed by atoms with Crippen LogP contribution in [0.3, 0.4) is 0 Å². The van der Waals surface area contributed by atoms with Crippen LogP contribution in [0.25, 0.3) is 0 Å². The van der Waals surface area contributed by atoms with E-state index in [0.717, 1.165) is 4.47 Å². The van der Waals surface area contributed by atoms with E-state index in [0.29, 0.717) is 10.9 Å². The average molecular weight is 356 g/mol. The van der Waals surface area contributed by atoms with Gasteiger partial charge in [-0.15, -0.1) is 0 Å². The van der Waals surface area contributed by atoms with Crippen LogP contribution in [-0.2, 0) is 9.59 Å². The maximum Gasteiger partial charge on any atom is 0.242 e. The number of nitrogens with one attached hydrogen (secondary N) is 1. The third kappa shape index (κ3) is 3.40. The summed E-state index contributed by atoms with van der Waals surface area (Å²) in [6.07, 6.45) is 0.142. The molecule has 1 heterocycles. The first-order valence-corrected chi connectivity index (χ1v) is 7.65. The lowest BCUT2D eigenvalue weighted by Crippen LogP contribution is -2.30. The molecule has 1 aromatic rings. The summed E-state index contributed by atoms with van der Waals surface area (Å²) >= 11 is 4.66. The molecule has 0 unspecified atom stereocenters. The van der Waals surface area contributed by atoms with Gasteiger partial charge in [-0.2, -0.15) is 0 Å². The van der Waals surface area contributed by atoms with Gasteiger partial charge in [-0.1, -0.05) is 27.7 Å². The van der Waals surface area contributed by atoms with Gasteiger partial charge in [0.15, 0.2) is 5.17 Å². The van der Waals surface area contributed by atoms with Crippen molar-refractivity contribution in [2.45, 2.75) is 11.7 Å². The summed E-state index contributed by atoms with van der Waals surface area (Å²) in [5.41, 5.74) is 0.714. The van der Waals surface area contributed by atoms with Crippen molar-refractivity contribution in [1.29, 1.82) is 0 Å². The van der Waals surface area contributed by atoms with E-state index in [4.69, 9.17) is 0 Å². The third-order valence-electron chi connectivity index (χ3n) is 2.83. The van der Waals surface area contributed by atoms with E-state index in [9.17, 15) is 9.59 Å². The van der Waals surface area contributed by atoms with Gasteiger partial charge in [-0.3, -0.25) is 19.5 Å². The minimum atomic E-state index is -0.394. The summed E-state index contributed by atoms with van der Waals surface area (Å²) in [5.74, 6) is -0.259. The molecule has 2 rings (SSSR count). The fourth-order valence-corrected chi connectivity index (χ4v) is 3.18. The SMILES string of the molecule is CN=C1S[C@@H](CC(=O)Nc2ccc(Br)cc2)C(=O)N1C. The number of halogens is 1. The first-order valence-electron chi connectivity index (χ1n) is 5.97. The highest BCUT2D eigenvalue weighted by molar-refractivity contribution is 9.10. The van der Waals surface area contributed by atoms with Gasteiger partial charge in [-0.25, -0.2) is 0 Å². The summed E-state index contributed by atoms with van der Waals surface area (Å²) in [6, 6.07) is 7.30. The molecular weight excluding hydrogens is 342 g/mol. The number of amides is 2. The van der Waals surface area contributed by atoms with Gasteiger partial charge < -0.3 is 5.32 Å². The normalized spacial score (nSPS) is 20.6. The Morgan fingerprint density at radius 1 is 1.45 bits per heavy atom. The Bertz CT molecular complexity index is 559. The van der Waals surface area contributed by atoms with E-state index in [2.05, 4.69) is 26.2 Å². The number of amidine groups is 1. The topological polar surface area (TPSA) is 61.8 Å². The molecule has 0 aromatic heterocycles. The predicted molar refractivity (Wildman–Crippen MR) is 84.9 cm³/mol. The fourth-order valence-electron chi connectivity index (χ4n) is 1.81. The molecule has 2 amide bonds. The molecule has 1 aliphatic rings. The Balaban J connectivity index is 1.95. The van der Waals surface area contributed by atoms with Crippen LogP contribution in [0.4, 0.5) is 5.69 Å². The molecule has 106 valence electrons. The second kappa shape index (κ2) is 6.41. The van der Waals surface area contributed by atoms with Crippen molar-refractivity contribution in [3.8, 4) is 0 Å². The van der Waals surface area contributed by atoms with Crippen molar-refractivity contribution in [1.82, 2.24) is 4.90 Å². The standard InChI is InChI=1S/C13H14BrN3O2S/c1-15-13-17(2)12(19)10(20-13)7-11(18)16-9-5-3-8(14)4-6-9/h3-6,10H,7H2,1-2H3,(H,16,18)/t10-/m0/s1. The van der Waals surface area contributed by atoms with Crippen molar-refractivity contribution in [2.24, 2.45) is 4.99 Å². The molecule has 5 nitrogen and oxygen atoms in total. The highest BCUT2D eigenvalue weighted by Crippen LogP contribution is 2.28. The van der Waals surface area contributed by atoms with E-state index < -0.39 is 5.25 Å². The molecule has 0 radical (unpaired) electrons. The zero-order valence-corrected chi connectivity index (χ0v) is 13.5. The third-order valence-corrected chi connectivity index (χ3v) is 4.68. The second-order valence-corrected chi connectivity index (χ2v) is 6.35. The number of rotatable bonds is 3. The number of nitrogens with zero attached hydrogens (tertiary/aromatic N) is 2. The van der Waals surface area contributed by atoms with Crippen LogP contribution in [0.5, 0.6) is 0 Å². The monoisotopic (exact) mass is 355 g/mol. The van der Waals surface area contributed by atoms with Gasteiger partial charge in [0.05, 0.1) is 0 Å². The summed E-state index contributed by atoms with van der Waals surface area (Å²) in [5, 5.41) is 3.04. The molecule has 1 atom stereocenters. The molecule has 0 spiro atoms. The molecular formula is C13H14BrN3O2S. The number of hydrogen-bond acceptors (Lipinski definition) is 4. The number of carbonyl (C=O) groups is 2. The van der Waals surface area contributed by atoms with Crippen LogP contribution in [0, 0.1) is 0 Å². The highest BCUT2D eigenvalue weighted by atomic mass is 79.9. The van der Waals surface area contributed by atoms with Crippen molar-refractivity contribution in [3.05, 3.63) is 28.7 Å². The van der Waals surface area contributed by atoms with Gasteiger partial charge in [0, 0.05) is 30.7 Å². The summed E-state index contributed by atoms with van der Waals surface area (Å²) in [7, 11) is 3.31. The van der Waals surface area contributed by atoms with E-state index in [1.165, 1.54) is 16.7 Å². The van der Waals surface area contributed by atoms with Gasteiger partial charge in [0.25, 0.3) is 0 Å². The number of carbonyl (C=O) groups excluding carboxylic acids is 2. The van der Waals surface area contributed by atoms with Crippen molar-refractivity contribution in [2.75, 3.05) is 19.4 Å². The Kier molecular flexibility index (Phi) is 4.82. The fraction of sp³-hybridized carbons (Fsp3) is 0.308. The van der Waals surface area contributed by atoms with Crippen LogP contribution in [-0.4, -0.2) is 41.2 Å². The Morgan fingerprint density at radius 2 is 2.10 bits per heavy atom. The zero-order valence-electron chi connectivity index (χ0n) is 11.1. The molecule has 7 heteroatoms. The van der Waals surface area contributed by atoms with Gasteiger partial charge in [0.2, 0.25) is 11.8 Å². The summed E-state index contributed by atoms with van der Waals surface area (Å²) in [6.45, 7) is 0. The van der Waals surface area contributed by atoms with Crippen molar-refractivity contribution >= 4 is 50.4 Å². The van der Waals surface area contributed by atoms with Crippen molar-refractivity contribution < 1.29 is 9.59 Å². The largest absolute Gasteiger partial charge is 0.326 e. The maximum atomic E-state index is 12.0. The van der Waals surface area contributed by atoms with Crippen LogP contribution >= 0.6 is 27.7 Å². The number of hydrogen-bond donors (Lipinski definition) is 1. The number of thioether (sulfide) groups is 1. The summed E-state index contributed by atoms with van der Waals surface area (Å²) in [4.78, 5) is 29.4. The number of benzene rings is 1. The molecule has 0 saturated carbocycles. The van der Waals surface area contributed by atoms with Gasteiger partial charge in [0.1, 0.15) is 5.25 Å². The minimum Gasteiger partial charge on any atom is -0.326 e. The molecule has 0 bridgehead atoms. The maximum absolute atomic E-state index is 12.0. The quantitative estimate of drug-likeness (QED) is 0.904. The second-order valence-electron chi connectivity index (χ2n) is 4.27. The summed E-state index contributed by atoms with van der Waals surface area (Å²) < 4.78 is 0.947. The molecule has 0 aliphatic carbocycles. The van der Waals surface area contributed by atoms with Crippen LogP contribution in [0.1, 0.15) is 6.42 Å². The Morgan fingerprint density at radius 3 is 2.65 bits per heavy atom. The van der Waals surface area contributed by atoms with Crippen LogP contribution < -0.4 is 5.32 Å². The van der Waals surface area contributed by atoms with Gasteiger partial charge in [-0.05, 0) is 24.3 Å². The number of aliphatic imine (C=N–C) groups is 1. The molecule has 20 heavy (non-hydrogen) atoms. The lowest BCUT2D eigenvalue weighted by molar-refractivity contribution is -0.127. The minimum absolute atomic E-state index is 0.0819. The van der Waals surface area contributed by atoms with Crippen molar-refractivity contribution in [3.63, 3.8) is 0 Å². The molecule has 1 aromatic carbocycles. The molecule has 1 fully saturated rings. The smallest absolute Gasteiger partial charge is 0.242 e. The lowest BCUT2D eigenvalue weighted by Gasteiger charge is -2.09. The zero-order chi connectivity index (χ0) is 14.7. The van der Waals surface area contributed by atoms with Crippen LogP contribution in [0.2, 0.25) is 0 Å². The van der Waals surface area contributed by atoms with Crippen LogP contribution in [0.15, 0.2) is 33.7 Å². The Hall–Kier alpha value is -1.34. The molecule has 1 saturated heterocycles. The highest BCUT2D eigenvalue weighted by Gasteiger charge is 2.36.